The van der Waals surface area contributed by atoms with E-state index in [2.05, 4.69) is 5.16 Å². The molecule has 0 saturated heterocycles. The van der Waals surface area contributed by atoms with Gasteiger partial charge < -0.3 is 20.4 Å². The van der Waals surface area contributed by atoms with E-state index >= 15 is 0 Å². The molecule has 2 rings (SSSR count). The number of ether oxygens (including phenoxy) is 2. The Morgan fingerprint density at radius 2 is 2.10 bits per heavy atom. The summed E-state index contributed by atoms with van der Waals surface area (Å²) in [5.74, 6) is 0.628. The van der Waals surface area contributed by atoms with Crippen molar-refractivity contribution in [3.05, 3.63) is 29.3 Å². The van der Waals surface area contributed by atoms with Crippen molar-refractivity contribution in [1.82, 2.24) is 0 Å². The molecule has 1 aliphatic carbocycles. The lowest BCUT2D eigenvalue weighted by Crippen LogP contribution is -2.17. The minimum Gasteiger partial charge on any atom is -0.496 e. The van der Waals surface area contributed by atoms with Gasteiger partial charge in [0.1, 0.15) is 5.75 Å². The second-order valence-electron chi connectivity index (χ2n) is 5.09. The number of rotatable bonds is 5. The summed E-state index contributed by atoms with van der Waals surface area (Å²) in [5.41, 5.74) is 7.24. The van der Waals surface area contributed by atoms with Crippen molar-refractivity contribution in [2.75, 3.05) is 7.11 Å². The Hall–Kier alpha value is -1.75. The van der Waals surface area contributed by atoms with Gasteiger partial charge >= 0.3 is 0 Å². The standard InChI is InChI=1S/C15H22N2O3/c1-19-14-8-7-11(9-13(14)15(16)17-18)10-20-12-5-3-2-4-6-12/h7-9,12,18H,2-6,10H2,1H3,(H2,16,17). The molecular formula is C15H22N2O3. The van der Waals surface area contributed by atoms with Crippen molar-refractivity contribution in [2.24, 2.45) is 10.9 Å². The molecule has 1 fully saturated rings. The van der Waals surface area contributed by atoms with Crippen LogP contribution in [0.15, 0.2) is 23.4 Å². The molecule has 1 aliphatic rings. The molecule has 20 heavy (non-hydrogen) atoms. The lowest BCUT2D eigenvalue weighted by Gasteiger charge is -2.22. The smallest absolute Gasteiger partial charge is 0.173 e. The lowest BCUT2D eigenvalue weighted by atomic mass is 9.98. The summed E-state index contributed by atoms with van der Waals surface area (Å²) in [6.45, 7) is 0.542. The van der Waals surface area contributed by atoms with Crippen LogP contribution in [0, 0.1) is 0 Å². The average molecular weight is 278 g/mol. The van der Waals surface area contributed by atoms with E-state index in [-0.39, 0.29) is 5.84 Å². The molecule has 0 atom stereocenters. The fourth-order valence-corrected chi connectivity index (χ4v) is 2.54. The molecule has 0 spiro atoms. The highest BCUT2D eigenvalue weighted by molar-refractivity contribution is 5.99. The molecule has 0 aromatic heterocycles. The van der Waals surface area contributed by atoms with Crippen LogP contribution in [0.5, 0.6) is 5.75 Å². The largest absolute Gasteiger partial charge is 0.496 e. The third-order valence-corrected chi connectivity index (χ3v) is 3.69. The van der Waals surface area contributed by atoms with E-state index in [0.717, 1.165) is 18.4 Å². The predicted octanol–water partition coefficient (Wildman–Crippen LogP) is 2.64. The number of hydrogen-bond donors (Lipinski definition) is 2. The van der Waals surface area contributed by atoms with Gasteiger partial charge in [-0.05, 0) is 30.5 Å². The zero-order chi connectivity index (χ0) is 14.4. The highest BCUT2D eigenvalue weighted by Crippen LogP contribution is 2.23. The maximum absolute atomic E-state index is 8.81. The summed E-state index contributed by atoms with van der Waals surface area (Å²) in [7, 11) is 1.56. The molecule has 1 aromatic rings. The zero-order valence-corrected chi connectivity index (χ0v) is 11.8. The molecule has 110 valence electrons. The summed E-state index contributed by atoms with van der Waals surface area (Å²) in [5, 5.41) is 11.8. The third kappa shape index (κ3) is 3.63. The number of oxime groups is 1. The number of nitrogens with two attached hydrogens (primary N) is 1. The Morgan fingerprint density at radius 1 is 1.35 bits per heavy atom. The lowest BCUT2D eigenvalue weighted by molar-refractivity contribution is 0.0168. The monoisotopic (exact) mass is 278 g/mol. The Bertz CT molecular complexity index is 468. The highest BCUT2D eigenvalue weighted by Gasteiger charge is 2.14. The SMILES string of the molecule is COc1ccc(COC2CCCCC2)cc1C(N)=NO. The van der Waals surface area contributed by atoms with Gasteiger partial charge in [0.05, 0.1) is 25.4 Å². The van der Waals surface area contributed by atoms with Gasteiger partial charge in [0, 0.05) is 0 Å². The third-order valence-electron chi connectivity index (χ3n) is 3.69. The van der Waals surface area contributed by atoms with Gasteiger partial charge in [-0.25, -0.2) is 0 Å². The van der Waals surface area contributed by atoms with Gasteiger partial charge in [-0.1, -0.05) is 30.5 Å². The van der Waals surface area contributed by atoms with Gasteiger partial charge in [0.2, 0.25) is 0 Å². The second-order valence-corrected chi connectivity index (χ2v) is 5.09. The molecule has 5 heteroatoms. The van der Waals surface area contributed by atoms with E-state index in [4.69, 9.17) is 20.4 Å². The molecule has 3 N–H and O–H groups in total. The first-order valence-corrected chi connectivity index (χ1v) is 7.01. The minimum atomic E-state index is 0.0429. The van der Waals surface area contributed by atoms with E-state index < -0.39 is 0 Å². The highest BCUT2D eigenvalue weighted by atomic mass is 16.5. The molecule has 1 saturated carbocycles. The topological polar surface area (TPSA) is 77.1 Å². The van der Waals surface area contributed by atoms with Gasteiger partial charge in [0.25, 0.3) is 0 Å². The molecule has 0 radical (unpaired) electrons. The molecule has 1 aromatic carbocycles. The molecule has 0 bridgehead atoms. The number of amidine groups is 1. The van der Waals surface area contributed by atoms with Crippen molar-refractivity contribution in [3.63, 3.8) is 0 Å². The van der Waals surface area contributed by atoms with Crippen molar-refractivity contribution < 1.29 is 14.7 Å². The van der Waals surface area contributed by atoms with Crippen LogP contribution in [0.25, 0.3) is 0 Å². The fourth-order valence-electron chi connectivity index (χ4n) is 2.54. The fraction of sp³-hybridized carbons (Fsp3) is 0.533. The summed E-state index contributed by atoms with van der Waals surface area (Å²) in [4.78, 5) is 0. The number of nitrogens with zero attached hydrogens (tertiary/aromatic N) is 1. The van der Waals surface area contributed by atoms with Gasteiger partial charge in [-0.3, -0.25) is 0 Å². The van der Waals surface area contributed by atoms with Crippen LogP contribution in [-0.4, -0.2) is 24.3 Å². The molecule has 0 unspecified atom stereocenters. The maximum atomic E-state index is 8.81. The molecule has 0 amide bonds. The van der Waals surface area contributed by atoms with E-state index in [9.17, 15) is 0 Å². The van der Waals surface area contributed by atoms with Gasteiger partial charge in [0.15, 0.2) is 5.84 Å². The minimum absolute atomic E-state index is 0.0429. The van der Waals surface area contributed by atoms with E-state index in [0.29, 0.717) is 24.0 Å². The van der Waals surface area contributed by atoms with Crippen LogP contribution in [0.1, 0.15) is 43.2 Å². The number of hydrogen-bond acceptors (Lipinski definition) is 4. The Labute approximate surface area is 119 Å². The normalized spacial score (nSPS) is 17.1. The van der Waals surface area contributed by atoms with Crippen LogP contribution in [0.3, 0.4) is 0 Å². The quantitative estimate of drug-likeness (QED) is 0.376. The van der Waals surface area contributed by atoms with E-state index in [1.165, 1.54) is 19.3 Å². The summed E-state index contributed by atoms with van der Waals surface area (Å²) >= 11 is 0. The average Bonchev–Trinajstić information content (AvgIpc) is 2.52. The number of benzene rings is 1. The first-order chi connectivity index (χ1) is 9.74. The van der Waals surface area contributed by atoms with Crippen LogP contribution in [0.4, 0.5) is 0 Å². The van der Waals surface area contributed by atoms with Crippen LogP contribution >= 0.6 is 0 Å². The Kier molecular flexibility index (Phi) is 5.24. The Morgan fingerprint density at radius 3 is 2.75 bits per heavy atom. The van der Waals surface area contributed by atoms with Gasteiger partial charge in [-0.15, -0.1) is 0 Å². The first-order valence-electron chi connectivity index (χ1n) is 7.01. The van der Waals surface area contributed by atoms with Crippen molar-refractivity contribution >= 4 is 5.84 Å². The van der Waals surface area contributed by atoms with Crippen LogP contribution < -0.4 is 10.5 Å². The second kappa shape index (κ2) is 7.14. The molecular weight excluding hydrogens is 256 g/mol. The van der Waals surface area contributed by atoms with Crippen LogP contribution in [-0.2, 0) is 11.3 Å². The van der Waals surface area contributed by atoms with Crippen molar-refractivity contribution in [2.45, 2.75) is 44.8 Å². The molecule has 0 aliphatic heterocycles. The van der Waals surface area contributed by atoms with Crippen molar-refractivity contribution in [3.8, 4) is 5.75 Å². The summed E-state index contributed by atoms with van der Waals surface area (Å²) < 4.78 is 11.1. The van der Waals surface area contributed by atoms with E-state index in [1.807, 2.05) is 18.2 Å². The first kappa shape index (κ1) is 14.7. The molecule has 0 heterocycles. The van der Waals surface area contributed by atoms with E-state index in [1.54, 1.807) is 7.11 Å². The maximum Gasteiger partial charge on any atom is 0.173 e. The zero-order valence-electron chi connectivity index (χ0n) is 11.8. The predicted molar refractivity (Wildman–Crippen MR) is 77.2 cm³/mol. The summed E-state index contributed by atoms with van der Waals surface area (Å²) in [6.07, 6.45) is 6.46. The van der Waals surface area contributed by atoms with Crippen molar-refractivity contribution in [1.29, 1.82) is 0 Å². The Balaban J connectivity index is 2.04. The molecule has 5 nitrogen and oxygen atoms in total. The van der Waals surface area contributed by atoms with Gasteiger partial charge in [-0.2, -0.15) is 0 Å². The number of methoxy groups -OCH3 is 1. The van der Waals surface area contributed by atoms with Crippen LogP contribution in [0.2, 0.25) is 0 Å². The summed E-state index contributed by atoms with van der Waals surface area (Å²) in [6, 6.07) is 5.60.